The van der Waals surface area contributed by atoms with E-state index in [0.717, 1.165) is 4.47 Å². The normalized spacial score (nSPS) is 21.7. The van der Waals surface area contributed by atoms with Crippen molar-refractivity contribution < 1.29 is 4.79 Å². The Bertz CT molecular complexity index is 458. The largest absolute Gasteiger partial charge is 0.299 e. The highest BCUT2D eigenvalue weighted by molar-refractivity contribution is 9.10. The number of fused-ring (bicyclic) bond motifs is 1. The highest BCUT2D eigenvalue weighted by atomic mass is 79.9. The van der Waals surface area contributed by atoms with E-state index in [1.807, 2.05) is 19.9 Å². The second-order valence-electron chi connectivity index (χ2n) is 5.80. The Kier molecular flexibility index (Phi) is 2.54. The molecule has 0 amide bonds. The van der Waals surface area contributed by atoms with Gasteiger partial charge in [0, 0.05) is 16.3 Å². The summed E-state index contributed by atoms with van der Waals surface area (Å²) in [6, 6.07) is 6.26. The molecule has 86 valence electrons. The van der Waals surface area contributed by atoms with Crippen molar-refractivity contribution >= 4 is 21.7 Å². The standard InChI is InChI=1S/C14H17BrO/c1-13(2)8-12(16)14(3,4)10-6-5-9(15)7-11(10)13/h5-7H,8H2,1-4H3. The first kappa shape index (κ1) is 11.8. The maximum Gasteiger partial charge on any atom is 0.143 e. The van der Waals surface area contributed by atoms with Crippen LogP contribution in [0.1, 0.15) is 45.2 Å². The molecule has 16 heavy (non-hydrogen) atoms. The van der Waals surface area contributed by atoms with Crippen LogP contribution in [0.4, 0.5) is 0 Å². The molecule has 0 radical (unpaired) electrons. The Balaban J connectivity index is 2.72. The Labute approximate surface area is 105 Å². The third kappa shape index (κ3) is 1.64. The van der Waals surface area contributed by atoms with E-state index >= 15 is 0 Å². The lowest BCUT2D eigenvalue weighted by Crippen LogP contribution is -2.41. The molecule has 0 spiro atoms. The smallest absolute Gasteiger partial charge is 0.143 e. The summed E-state index contributed by atoms with van der Waals surface area (Å²) >= 11 is 3.51. The Morgan fingerprint density at radius 3 is 2.38 bits per heavy atom. The quantitative estimate of drug-likeness (QED) is 0.703. The van der Waals surface area contributed by atoms with Gasteiger partial charge in [0.2, 0.25) is 0 Å². The maximum absolute atomic E-state index is 12.2. The molecule has 1 aliphatic carbocycles. The maximum atomic E-state index is 12.2. The Morgan fingerprint density at radius 1 is 1.12 bits per heavy atom. The first-order chi connectivity index (χ1) is 7.25. The summed E-state index contributed by atoms with van der Waals surface area (Å²) in [7, 11) is 0. The molecular formula is C14H17BrO. The van der Waals surface area contributed by atoms with Gasteiger partial charge >= 0.3 is 0 Å². The first-order valence-electron chi connectivity index (χ1n) is 5.59. The molecule has 0 N–H and O–H groups in total. The number of ketones is 1. The summed E-state index contributed by atoms with van der Waals surface area (Å²) < 4.78 is 1.09. The van der Waals surface area contributed by atoms with Crippen LogP contribution in [-0.4, -0.2) is 5.78 Å². The van der Waals surface area contributed by atoms with Crippen LogP contribution in [-0.2, 0) is 15.6 Å². The number of rotatable bonds is 0. The molecule has 2 heteroatoms. The van der Waals surface area contributed by atoms with Crippen LogP contribution in [0, 0.1) is 0 Å². The summed E-state index contributed by atoms with van der Waals surface area (Å²) in [6.07, 6.45) is 0.628. The van der Waals surface area contributed by atoms with Crippen LogP contribution >= 0.6 is 15.9 Å². The highest BCUT2D eigenvalue weighted by Crippen LogP contribution is 2.44. The fourth-order valence-corrected chi connectivity index (χ4v) is 2.85. The van der Waals surface area contributed by atoms with Gasteiger partial charge in [0.15, 0.2) is 0 Å². The van der Waals surface area contributed by atoms with Crippen molar-refractivity contribution in [3.8, 4) is 0 Å². The number of hydrogen-bond donors (Lipinski definition) is 0. The summed E-state index contributed by atoms with van der Waals surface area (Å²) in [4.78, 5) is 12.2. The van der Waals surface area contributed by atoms with Crippen LogP contribution in [0.5, 0.6) is 0 Å². The van der Waals surface area contributed by atoms with E-state index in [2.05, 4.69) is 41.9 Å². The predicted molar refractivity (Wildman–Crippen MR) is 69.8 cm³/mol. The van der Waals surface area contributed by atoms with Crippen LogP contribution in [0.2, 0.25) is 0 Å². The van der Waals surface area contributed by atoms with Crippen molar-refractivity contribution in [2.45, 2.75) is 44.9 Å². The molecule has 0 atom stereocenters. The number of hydrogen-bond acceptors (Lipinski definition) is 1. The molecule has 1 nitrogen and oxygen atoms in total. The molecule has 1 aromatic rings. The second kappa shape index (κ2) is 3.43. The zero-order valence-corrected chi connectivity index (χ0v) is 11.8. The third-order valence-electron chi connectivity index (χ3n) is 3.68. The summed E-state index contributed by atoms with van der Waals surface area (Å²) in [5.74, 6) is 0.340. The molecule has 0 saturated heterocycles. The molecule has 0 bridgehead atoms. The van der Waals surface area contributed by atoms with Crippen molar-refractivity contribution in [2.75, 3.05) is 0 Å². The molecule has 1 aromatic carbocycles. The summed E-state index contributed by atoms with van der Waals surface area (Å²) in [6.45, 7) is 8.34. The zero-order chi connectivity index (χ0) is 12.1. The van der Waals surface area contributed by atoms with Crippen molar-refractivity contribution in [3.63, 3.8) is 0 Å². The zero-order valence-electron chi connectivity index (χ0n) is 10.2. The number of carbonyl (C=O) groups excluding carboxylic acids is 1. The SMILES string of the molecule is CC1(C)CC(=O)C(C)(C)c2ccc(Br)cc21. The number of halogens is 1. The predicted octanol–water partition coefficient (Wildman–Crippen LogP) is 3.98. The van der Waals surface area contributed by atoms with E-state index < -0.39 is 0 Å². The van der Waals surface area contributed by atoms with Gasteiger partial charge < -0.3 is 0 Å². The highest BCUT2D eigenvalue weighted by Gasteiger charge is 2.42. The molecule has 0 saturated carbocycles. The van der Waals surface area contributed by atoms with Crippen molar-refractivity contribution in [1.29, 1.82) is 0 Å². The molecular weight excluding hydrogens is 264 g/mol. The van der Waals surface area contributed by atoms with Crippen LogP contribution < -0.4 is 0 Å². The van der Waals surface area contributed by atoms with Gasteiger partial charge in [0.1, 0.15) is 5.78 Å². The number of Topliss-reactive ketones (excluding diaryl/α,β-unsaturated/α-hetero) is 1. The van der Waals surface area contributed by atoms with Crippen molar-refractivity contribution in [1.82, 2.24) is 0 Å². The van der Waals surface area contributed by atoms with Gasteiger partial charge in [-0.15, -0.1) is 0 Å². The average molecular weight is 281 g/mol. The van der Waals surface area contributed by atoms with E-state index in [1.54, 1.807) is 0 Å². The molecule has 0 unspecified atom stereocenters. The first-order valence-corrected chi connectivity index (χ1v) is 6.38. The van der Waals surface area contributed by atoms with Gasteiger partial charge in [-0.3, -0.25) is 4.79 Å². The molecule has 1 aliphatic rings. The van der Waals surface area contributed by atoms with Crippen LogP contribution in [0.15, 0.2) is 22.7 Å². The second-order valence-corrected chi connectivity index (χ2v) is 6.71. The van der Waals surface area contributed by atoms with Gasteiger partial charge in [-0.05, 0) is 42.5 Å². The lowest BCUT2D eigenvalue weighted by atomic mass is 9.62. The van der Waals surface area contributed by atoms with E-state index in [4.69, 9.17) is 0 Å². The van der Waals surface area contributed by atoms with Gasteiger partial charge in [0.25, 0.3) is 0 Å². The summed E-state index contributed by atoms with van der Waals surface area (Å²) in [5, 5.41) is 0. The fourth-order valence-electron chi connectivity index (χ4n) is 2.49. The number of carbonyl (C=O) groups is 1. The van der Waals surface area contributed by atoms with Gasteiger partial charge in [0.05, 0.1) is 0 Å². The van der Waals surface area contributed by atoms with Gasteiger partial charge in [-0.1, -0.05) is 35.8 Å². The minimum Gasteiger partial charge on any atom is -0.299 e. The van der Waals surface area contributed by atoms with Crippen LogP contribution in [0.3, 0.4) is 0 Å². The van der Waals surface area contributed by atoms with E-state index in [0.29, 0.717) is 12.2 Å². The molecule has 0 aliphatic heterocycles. The van der Waals surface area contributed by atoms with E-state index in [-0.39, 0.29) is 10.8 Å². The Morgan fingerprint density at radius 2 is 1.75 bits per heavy atom. The summed E-state index contributed by atoms with van der Waals surface area (Å²) in [5.41, 5.74) is 2.08. The lowest BCUT2D eigenvalue weighted by molar-refractivity contribution is -0.125. The average Bonchev–Trinajstić information content (AvgIpc) is 2.14. The minimum absolute atomic E-state index is 0.0499. The minimum atomic E-state index is -0.342. The van der Waals surface area contributed by atoms with Gasteiger partial charge in [-0.2, -0.15) is 0 Å². The molecule has 0 heterocycles. The van der Waals surface area contributed by atoms with E-state index in [1.165, 1.54) is 11.1 Å². The third-order valence-corrected chi connectivity index (χ3v) is 4.18. The van der Waals surface area contributed by atoms with Gasteiger partial charge in [-0.25, -0.2) is 0 Å². The van der Waals surface area contributed by atoms with Crippen molar-refractivity contribution in [3.05, 3.63) is 33.8 Å². The molecule has 0 fully saturated rings. The fraction of sp³-hybridized carbons (Fsp3) is 0.500. The number of benzene rings is 1. The monoisotopic (exact) mass is 280 g/mol. The lowest BCUT2D eigenvalue weighted by Gasteiger charge is -2.40. The Hall–Kier alpha value is -0.630. The molecule has 0 aromatic heterocycles. The van der Waals surface area contributed by atoms with E-state index in [9.17, 15) is 4.79 Å². The van der Waals surface area contributed by atoms with Crippen molar-refractivity contribution in [2.24, 2.45) is 0 Å². The topological polar surface area (TPSA) is 17.1 Å². The molecule has 2 rings (SSSR count). The van der Waals surface area contributed by atoms with Crippen LogP contribution in [0.25, 0.3) is 0 Å².